The van der Waals surface area contributed by atoms with E-state index < -0.39 is 0 Å². The van der Waals surface area contributed by atoms with Crippen molar-refractivity contribution in [2.45, 2.75) is 26.7 Å². The van der Waals surface area contributed by atoms with E-state index in [1.54, 1.807) is 0 Å². The quantitative estimate of drug-likeness (QED) is 0.797. The zero-order valence-corrected chi connectivity index (χ0v) is 9.65. The molecule has 0 saturated carbocycles. The Bertz CT molecular complexity index is 222. The summed E-state index contributed by atoms with van der Waals surface area (Å²) in [5, 5.41) is 1.17. The van der Waals surface area contributed by atoms with Crippen molar-refractivity contribution >= 4 is 34.1 Å². The van der Waals surface area contributed by atoms with Crippen molar-refractivity contribution in [3.63, 3.8) is 0 Å². The summed E-state index contributed by atoms with van der Waals surface area (Å²) in [5.74, 6) is 0.761. The van der Waals surface area contributed by atoms with Gasteiger partial charge in [-0.25, -0.2) is 4.98 Å². The normalized spacial score (nSPS) is 10.9. The Hall–Kier alpha value is 0.290. The Morgan fingerprint density at radius 3 is 2.73 bits per heavy atom. The summed E-state index contributed by atoms with van der Waals surface area (Å²) in [4.78, 5) is 4.28. The molecule has 1 aromatic heterocycles. The van der Waals surface area contributed by atoms with Gasteiger partial charge in [-0.3, -0.25) is 0 Å². The summed E-state index contributed by atoms with van der Waals surface area (Å²) >= 11 is 3.67. The second-order valence-electron chi connectivity index (χ2n) is 2.89. The van der Waals surface area contributed by atoms with Gasteiger partial charge in [-0.2, -0.15) is 4.37 Å². The lowest BCUT2D eigenvalue weighted by atomic mass is 10.1. The maximum Gasteiger partial charge on any atom is 0.203 e. The molecule has 0 unspecified atom stereocenters. The average molecular weight is 282 g/mol. The molecule has 0 fully saturated rings. The summed E-state index contributed by atoms with van der Waals surface area (Å²) in [5.41, 5.74) is 0. The smallest absolute Gasteiger partial charge is 0.203 e. The first-order valence-electron chi connectivity index (χ1n) is 3.66. The molecule has 0 aliphatic carbocycles. The van der Waals surface area contributed by atoms with Crippen LogP contribution in [0.2, 0.25) is 0 Å². The van der Waals surface area contributed by atoms with Crippen molar-refractivity contribution in [1.29, 1.82) is 0 Å². The lowest BCUT2D eigenvalue weighted by Crippen LogP contribution is -1.91. The van der Waals surface area contributed by atoms with E-state index in [1.807, 2.05) is 0 Å². The maximum absolute atomic E-state index is 4.28. The van der Waals surface area contributed by atoms with Gasteiger partial charge in [-0.15, -0.1) is 0 Å². The third-order valence-corrected chi connectivity index (χ3v) is 2.96. The molecule has 0 atom stereocenters. The fourth-order valence-corrected chi connectivity index (χ4v) is 2.06. The minimum atomic E-state index is 0.761. The molecule has 62 valence electrons. The molecular weight excluding hydrogens is 271 g/mol. The number of hydrogen-bond donors (Lipinski definition) is 0. The lowest BCUT2D eigenvalue weighted by Gasteiger charge is -1.99. The number of aryl methyl sites for hydroxylation is 1. The van der Waals surface area contributed by atoms with Gasteiger partial charge in [-0.1, -0.05) is 13.8 Å². The SMILES string of the molecule is CC(C)CCc1nc(I)ns1. The van der Waals surface area contributed by atoms with E-state index in [-0.39, 0.29) is 0 Å². The fourth-order valence-electron chi connectivity index (χ4n) is 0.748. The molecule has 11 heavy (non-hydrogen) atoms. The highest BCUT2D eigenvalue weighted by Gasteiger charge is 2.01. The van der Waals surface area contributed by atoms with Gasteiger partial charge < -0.3 is 0 Å². The van der Waals surface area contributed by atoms with Crippen LogP contribution in [0.3, 0.4) is 0 Å². The van der Waals surface area contributed by atoms with Gasteiger partial charge in [-0.05, 0) is 23.9 Å². The summed E-state index contributed by atoms with van der Waals surface area (Å²) in [7, 11) is 0. The van der Waals surface area contributed by atoms with Crippen molar-refractivity contribution < 1.29 is 0 Å². The minimum absolute atomic E-state index is 0.761. The molecule has 0 saturated heterocycles. The molecule has 1 aromatic rings. The van der Waals surface area contributed by atoms with Gasteiger partial charge in [0.25, 0.3) is 0 Å². The first-order chi connectivity index (χ1) is 5.18. The zero-order valence-electron chi connectivity index (χ0n) is 6.67. The van der Waals surface area contributed by atoms with Crippen molar-refractivity contribution in [2.24, 2.45) is 5.92 Å². The number of hydrogen-bond acceptors (Lipinski definition) is 3. The number of rotatable bonds is 3. The second kappa shape index (κ2) is 4.35. The standard InChI is InChI=1S/C7H11IN2S/c1-5(2)3-4-6-9-7(8)10-11-6/h5H,3-4H2,1-2H3. The van der Waals surface area contributed by atoms with E-state index in [9.17, 15) is 0 Å². The lowest BCUT2D eigenvalue weighted by molar-refractivity contribution is 0.585. The number of nitrogens with zero attached hydrogens (tertiary/aromatic N) is 2. The molecule has 0 bridgehead atoms. The van der Waals surface area contributed by atoms with Crippen molar-refractivity contribution in [3.8, 4) is 0 Å². The van der Waals surface area contributed by atoms with Crippen LogP contribution >= 0.6 is 34.1 Å². The van der Waals surface area contributed by atoms with Crippen LogP contribution in [-0.4, -0.2) is 9.36 Å². The highest BCUT2D eigenvalue weighted by molar-refractivity contribution is 14.1. The highest BCUT2D eigenvalue weighted by atomic mass is 127. The molecule has 1 rings (SSSR count). The molecule has 2 nitrogen and oxygen atoms in total. The molecule has 0 spiro atoms. The third kappa shape index (κ3) is 3.46. The van der Waals surface area contributed by atoms with Crippen LogP contribution in [0.4, 0.5) is 0 Å². The summed E-state index contributed by atoms with van der Waals surface area (Å²) in [6, 6.07) is 0. The summed E-state index contributed by atoms with van der Waals surface area (Å²) < 4.78 is 4.99. The van der Waals surface area contributed by atoms with Crippen molar-refractivity contribution in [1.82, 2.24) is 9.36 Å². The summed E-state index contributed by atoms with van der Waals surface area (Å²) in [6.45, 7) is 4.46. The molecule has 0 N–H and O–H groups in total. The van der Waals surface area contributed by atoms with Gasteiger partial charge in [0, 0.05) is 29.0 Å². The van der Waals surface area contributed by atoms with Crippen LogP contribution in [0.5, 0.6) is 0 Å². The molecule has 0 aromatic carbocycles. The molecular formula is C7H11IN2S. The first kappa shape index (κ1) is 9.38. The highest BCUT2D eigenvalue weighted by Crippen LogP contribution is 2.11. The minimum Gasteiger partial charge on any atom is -0.215 e. The molecule has 0 radical (unpaired) electrons. The van der Waals surface area contributed by atoms with E-state index in [2.05, 4.69) is 45.8 Å². The molecule has 0 amide bonds. The Kier molecular flexibility index (Phi) is 3.71. The maximum atomic E-state index is 4.28. The molecule has 1 heterocycles. The van der Waals surface area contributed by atoms with Crippen LogP contribution in [-0.2, 0) is 6.42 Å². The van der Waals surface area contributed by atoms with Crippen molar-refractivity contribution in [2.75, 3.05) is 0 Å². The van der Waals surface area contributed by atoms with E-state index in [0.717, 1.165) is 16.2 Å². The Balaban J connectivity index is 2.39. The summed E-state index contributed by atoms with van der Waals surface area (Å²) in [6.07, 6.45) is 2.30. The molecule has 4 heteroatoms. The predicted octanol–water partition coefficient (Wildman–Crippen LogP) is 2.73. The van der Waals surface area contributed by atoms with E-state index in [0.29, 0.717) is 0 Å². The molecule has 0 aliphatic rings. The van der Waals surface area contributed by atoms with Gasteiger partial charge in [0.1, 0.15) is 5.01 Å². The van der Waals surface area contributed by atoms with Gasteiger partial charge >= 0.3 is 0 Å². The van der Waals surface area contributed by atoms with Crippen LogP contribution in [0.25, 0.3) is 0 Å². The number of halogens is 1. The Morgan fingerprint density at radius 1 is 1.55 bits per heavy atom. The van der Waals surface area contributed by atoms with E-state index >= 15 is 0 Å². The Morgan fingerprint density at radius 2 is 2.27 bits per heavy atom. The van der Waals surface area contributed by atoms with Crippen LogP contribution in [0.15, 0.2) is 0 Å². The van der Waals surface area contributed by atoms with Gasteiger partial charge in [0.15, 0.2) is 0 Å². The number of aromatic nitrogens is 2. The largest absolute Gasteiger partial charge is 0.215 e. The fraction of sp³-hybridized carbons (Fsp3) is 0.714. The van der Waals surface area contributed by atoms with E-state index in [4.69, 9.17) is 0 Å². The predicted molar refractivity (Wildman–Crippen MR) is 55.8 cm³/mol. The topological polar surface area (TPSA) is 25.8 Å². The van der Waals surface area contributed by atoms with Crippen LogP contribution in [0.1, 0.15) is 25.3 Å². The average Bonchev–Trinajstić information content (AvgIpc) is 2.31. The van der Waals surface area contributed by atoms with Crippen LogP contribution in [0, 0.1) is 9.75 Å². The zero-order chi connectivity index (χ0) is 8.27. The second-order valence-corrected chi connectivity index (χ2v) is 4.69. The first-order valence-corrected chi connectivity index (χ1v) is 5.52. The van der Waals surface area contributed by atoms with Gasteiger partial charge in [0.2, 0.25) is 3.83 Å². The van der Waals surface area contributed by atoms with E-state index in [1.165, 1.54) is 23.0 Å². The Labute approximate surface area is 84.7 Å². The van der Waals surface area contributed by atoms with Crippen LogP contribution < -0.4 is 0 Å². The third-order valence-electron chi connectivity index (χ3n) is 1.38. The van der Waals surface area contributed by atoms with Gasteiger partial charge in [0.05, 0.1) is 0 Å². The monoisotopic (exact) mass is 282 g/mol. The van der Waals surface area contributed by atoms with Crippen molar-refractivity contribution in [3.05, 3.63) is 8.84 Å². The molecule has 0 aliphatic heterocycles.